The number of aryl methyl sites for hydroxylation is 2. The van der Waals surface area contributed by atoms with Gasteiger partial charge in [0.15, 0.2) is 5.29 Å². The lowest BCUT2D eigenvalue weighted by Crippen LogP contribution is -2.05. The third-order valence-corrected chi connectivity index (χ3v) is 4.24. The van der Waals surface area contributed by atoms with E-state index in [-0.39, 0.29) is 6.61 Å². The Balaban J connectivity index is 2.48. The van der Waals surface area contributed by atoms with Crippen LogP contribution in [0.1, 0.15) is 64.5 Å². The van der Waals surface area contributed by atoms with Crippen LogP contribution in [0.2, 0.25) is 0 Å². The molecule has 6 heteroatoms. The van der Waals surface area contributed by atoms with Crippen molar-refractivity contribution in [3.05, 3.63) is 34.6 Å². The molecule has 1 rings (SSSR count). The predicted octanol–water partition coefficient (Wildman–Crippen LogP) is 6.59. The van der Waals surface area contributed by atoms with Gasteiger partial charge in [-0.1, -0.05) is 30.6 Å². The van der Waals surface area contributed by atoms with Gasteiger partial charge in [-0.05, 0) is 75.6 Å². The molecule has 0 spiro atoms. The second kappa shape index (κ2) is 14.3. The Bertz CT molecular complexity index is 614. The molecule has 0 N–H and O–H groups in total. The molecule has 0 atom stereocenters. The molecule has 0 heterocycles. The highest BCUT2D eigenvalue weighted by Crippen LogP contribution is 2.31. The number of halogens is 2. The summed E-state index contributed by atoms with van der Waals surface area (Å²) in [5.74, 6) is 1.66. The summed E-state index contributed by atoms with van der Waals surface area (Å²) in [6.07, 6.45) is 7.08. The van der Waals surface area contributed by atoms with Crippen LogP contribution in [0.25, 0.3) is 0 Å². The molecule has 0 aliphatic heterocycles. The normalized spacial score (nSPS) is 11.3. The molecule has 1 aromatic rings. The van der Waals surface area contributed by atoms with Gasteiger partial charge in [-0.15, -0.1) is 0 Å². The van der Waals surface area contributed by atoms with Crippen LogP contribution in [-0.2, 0) is 17.7 Å². The van der Waals surface area contributed by atoms with E-state index in [1.807, 2.05) is 26.0 Å². The smallest absolute Gasteiger partial charge is 0.188 e. The summed E-state index contributed by atoms with van der Waals surface area (Å²) >= 11 is 5.20. The summed E-state index contributed by atoms with van der Waals surface area (Å²) in [5, 5.41) is 3.17. The first-order chi connectivity index (χ1) is 13.5. The second-order valence-electron chi connectivity index (χ2n) is 6.72. The zero-order valence-electron chi connectivity index (χ0n) is 17.5. The summed E-state index contributed by atoms with van der Waals surface area (Å²) in [7, 11) is 0. The monoisotopic (exact) mass is 413 g/mol. The Hall–Kier alpha value is -1.75. The quantitative estimate of drug-likeness (QED) is 0.196. The van der Waals surface area contributed by atoms with Crippen LogP contribution in [0.15, 0.2) is 28.7 Å². The van der Waals surface area contributed by atoms with Crippen molar-refractivity contribution in [2.24, 2.45) is 5.16 Å². The van der Waals surface area contributed by atoms with E-state index in [0.29, 0.717) is 19.0 Å². The average Bonchev–Trinajstić information content (AvgIpc) is 2.66. The van der Waals surface area contributed by atoms with Crippen LogP contribution >= 0.6 is 11.6 Å². The minimum absolute atomic E-state index is 0.106. The average molecular weight is 414 g/mol. The van der Waals surface area contributed by atoms with Gasteiger partial charge in [0.25, 0.3) is 0 Å². The number of unbranched alkanes of at least 4 members (excludes halogenated alkanes) is 3. The largest absolute Gasteiger partial charge is 0.493 e. The molecule has 0 aromatic heterocycles. The Morgan fingerprint density at radius 1 is 1.00 bits per heavy atom. The number of nitrogens with zero attached hydrogens (tertiary/aromatic N) is 1. The molecule has 0 amide bonds. The molecular formula is C22H33ClFNO3. The van der Waals surface area contributed by atoms with Gasteiger partial charge < -0.3 is 14.3 Å². The maximum absolute atomic E-state index is 12.6. The van der Waals surface area contributed by atoms with Gasteiger partial charge in [-0.25, -0.2) is 0 Å². The molecule has 0 radical (unpaired) electrons. The Kier molecular flexibility index (Phi) is 12.4. The van der Waals surface area contributed by atoms with E-state index < -0.39 is 5.29 Å². The van der Waals surface area contributed by atoms with Crippen LogP contribution in [0.3, 0.4) is 0 Å². The van der Waals surface area contributed by atoms with Crippen molar-refractivity contribution in [1.82, 2.24) is 0 Å². The summed E-state index contributed by atoms with van der Waals surface area (Å²) < 4.78 is 24.3. The van der Waals surface area contributed by atoms with Crippen molar-refractivity contribution in [3.8, 4) is 11.5 Å². The molecule has 0 aliphatic rings. The van der Waals surface area contributed by atoms with Crippen molar-refractivity contribution in [1.29, 1.82) is 0 Å². The highest BCUT2D eigenvalue weighted by molar-refractivity contribution is 6.28. The molecule has 1 aromatic carbocycles. The fourth-order valence-electron chi connectivity index (χ4n) is 2.69. The summed E-state index contributed by atoms with van der Waals surface area (Å²) in [5.41, 5.74) is 3.14. The van der Waals surface area contributed by atoms with Gasteiger partial charge in [-0.2, -0.15) is 4.39 Å². The van der Waals surface area contributed by atoms with E-state index in [4.69, 9.17) is 25.9 Å². The van der Waals surface area contributed by atoms with E-state index >= 15 is 0 Å². The SMILES string of the molecule is CCc1cc(OC/C=C(\F)Cl)cc(CC)c1OCCCCCCON=C(C)C. The van der Waals surface area contributed by atoms with Gasteiger partial charge in [0.1, 0.15) is 24.7 Å². The van der Waals surface area contributed by atoms with Crippen molar-refractivity contribution in [3.63, 3.8) is 0 Å². The molecular weight excluding hydrogens is 381 g/mol. The minimum atomic E-state index is -0.758. The number of hydrogen-bond donors (Lipinski definition) is 0. The van der Waals surface area contributed by atoms with Crippen LogP contribution in [-0.4, -0.2) is 25.5 Å². The van der Waals surface area contributed by atoms with E-state index in [9.17, 15) is 4.39 Å². The third kappa shape index (κ3) is 9.98. The molecule has 0 aliphatic carbocycles. The minimum Gasteiger partial charge on any atom is -0.493 e. The number of benzene rings is 1. The maximum atomic E-state index is 12.6. The highest BCUT2D eigenvalue weighted by Gasteiger charge is 2.11. The first kappa shape index (κ1) is 24.3. The zero-order chi connectivity index (χ0) is 20.8. The molecule has 0 saturated heterocycles. The lowest BCUT2D eigenvalue weighted by molar-refractivity contribution is 0.139. The van der Waals surface area contributed by atoms with Gasteiger partial charge >= 0.3 is 0 Å². The second-order valence-corrected chi connectivity index (χ2v) is 7.08. The van der Waals surface area contributed by atoms with Crippen molar-refractivity contribution in [2.45, 2.75) is 66.2 Å². The molecule has 158 valence electrons. The summed E-state index contributed by atoms with van der Waals surface area (Å²) in [4.78, 5) is 5.20. The zero-order valence-corrected chi connectivity index (χ0v) is 18.3. The van der Waals surface area contributed by atoms with Crippen LogP contribution in [0.5, 0.6) is 11.5 Å². The van der Waals surface area contributed by atoms with Gasteiger partial charge in [0, 0.05) is 6.08 Å². The molecule has 0 fully saturated rings. The fourth-order valence-corrected chi connectivity index (χ4v) is 2.75. The lowest BCUT2D eigenvalue weighted by atomic mass is 10.0. The number of hydrogen-bond acceptors (Lipinski definition) is 4. The molecule has 0 saturated carbocycles. The molecule has 0 unspecified atom stereocenters. The maximum Gasteiger partial charge on any atom is 0.188 e. The standard InChI is InChI=1S/C22H33ClFNO3/c1-5-18-15-20(26-14-11-21(23)24)16-19(6-2)22(18)27-12-9-7-8-10-13-28-25-17(3)4/h11,15-16H,5-10,12-14H2,1-4H3/b21-11-. The van der Waals surface area contributed by atoms with Crippen molar-refractivity contribution < 1.29 is 18.7 Å². The lowest BCUT2D eigenvalue weighted by Gasteiger charge is -2.17. The van der Waals surface area contributed by atoms with Crippen LogP contribution in [0.4, 0.5) is 4.39 Å². The highest BCUT2D eigenvalue weighted by atomic mass is 35.5. The van der Waals surface area contributed by atoms with Crippen molar-refractivity contribution >= 4 is 17.3 Å². The van der Waals surface area contributed by atoms with E-state index in [0.717, 1.165) is 61.1 Å². The first-order valence-corrected chi connectivity index (χ1v) is 10.4. The van der Waals surface area contributed by atoms with E-state index in [1.54, 1.807) is 0 Å². The van der Waals surface area contributed by atoms with E-state index in [2.05, 4.69) is 19.0 Å². The van der Waals surface area contributed by atoms with E-state index in [1.165, 1.54) is 6.08 Å². The van der Waals surface area contributed by atoms with Crippen LogP contribution in [0, 0.1) is 0 Å². The predicted molar refractivity (Wildman–Crippen MR) is 114 cm³/mol. The number of ether oxygens (including phenoxy) is 2. The van der Waals surface area contributed by atoms with Gasteiger partial charge in [0.05, 0.1) is 12.3 Å². The van der Waals surface area contributed by atoms with Crippen LogP contribution < -0.4 is 9.47 Å². The molecule has 4 nitrogen and oxygen atoms in total. The van der Waals surface area contributed by atoms with Crippen molar-refractivity contribution in [2.75, 3.05) is 19.8 Å². The first-order valence-electron chi connectivity index (χ1n) is 10.0. The summed E-state index contributed by atoms with van der Waals surface area (Å²) in [6.45, 7) is 9.47. The molecule has 0 bridgehead atoms. The Morgan fingerprint density at radius 3 is 2.14 bits per heavy atom. The van der Waals surface area contributed by atoms with Gasteiger partial charge in [-0.3, -0.25) is 0 Å². The summed E-state index contributed by atoms with van der Waals surface area (Å²) in [6, 6.07) is 3.92. The number of rotatable bonds is 14. The van der Waals surface area contributed by atoms with Gasteiger partial charge in [0.2, 0.25) is 0 Å². The Labute approximate surface area is 173 Å². The topological polar surface area (TPSA) is 40.0 Å². The Morgan fingerprint density at radius 2 is 1.61 bits per heavy atom. The number of oxime groups is 1. The fraction of sp³-hybridized carbons (Fsp3) is 0.591. The third-order valence-electron chi connectivity index (χ3n) is 4.09. The molecule has 28 heavy (non-hydrogen) atoms.